The number of hydrogen-bond donors (Lipinski definition) is 1. The number of benzene rings is 2. The fourth-order valence-electron chi connectivity index (χ4n) is 10.5. The van der Waals surface area contributed by atoms with Gasteiger partial charge in [0, 0.05) is 42.0 Å². The van der Waals surface area contributed by atoms with Gasteiger partial charge in [0.25, 0.3) is 0 Å². The van der Waals surface area contributed by atoms with Crippen LogP contribution in [0.5, 0.6) is 5.75 Å². The second-order valence-electron chi connectivity index (χ2n) is 13.5. The van der Waals surface area contributed by atoms with Gasteiger partial charge in [0.2, 0.25) is 0 Å². The fourth-order valence-corrected chi connectivity index (χ4v) is 10.5. The summed E-state index contributed by atoms with van der Waals surface area (Å²) < 4.78 is 14.0. The van der Waals surface area contributed by atoms with Crippen molar-refractivity contribution in [3.8, 4) is 5.75 Å². The van der Waals surface area contributed by atoms with Gasteiger partial charge in [-0.2, -0.15) is 0 Å². The molecule has 4 bridgehead atoms. The van der Waals surface area contributed by atoms with E-state index < -0.39 is 11.2 Å². The molecule has 2 spiro atoms. The highest BCUT2D eigenvalue weighted by Gasteiger charge is 2.82. The molecule has 2 aliphatic heterocycles. The van der Waals surface area contributed by atoms with Crippen molar-refractivity contribution in [1.29, 1.82) is 0 Å². The van der Waals surface area contributed by atoms with E-state index in [-0.39, 0.29) is 22.9 Å². The van der Waals surface area contributed by atoms with Gasteiger partial charge in [-0.05, 0) is 87.4 Å². The van der Waals surface area contributed by atoms with E-state index in [4.69, 9.17) is 9.47 Å². The van der Waals surface area contributed by atoms with Crippen LogP contribution in [0.3, 0.4) is 0 Å². The number of ether oxygens (including phenoxy) is 2. The summed E-state index contributed by atoms with van der Waals surface area (Å²) in [6.45, 7) is 8.69. The minimum Gasteiger partial charge on any atom is -0.486 e. The maximum atomic E-state index is 12.8. The van der Waals surface area contributed by atoms with Crippen LogP contribution in [0.2, 0.25) is 0 Å². The average Bonchev–Trinajstić information content (AvgIpc) is 3.68. The standard InChI is InChI=1S/C34H41NO3/c1-4-14-33(36,25-8-6-5-7-9-25)26-20-31-15-16-34(26,37-3)30-32(31)17-18-35(21-23-11-12-23)27(31)19-24-13-10-22(2)29(38-30)28(24)32/h4-10,13,23,26-27,30,36H,1,11-12,14-21H2,2-3H3/t26-,27-,30-,31-,32+,33+,34-/m1/s1. The normalized spacial score (nSPS) is 39.8. The van der Waals surface area contributed by atoms with Gasteiger partial charge < -0.3 is 14.6 Å². The van der Waals surface area contributed by atoms with Crippen LogP contribution in [0, 0.1) is 24.2 Å². The number of rotatable bonds is 7. The molecule has 4 saturated carbocycles. The van der Waals surface area contributed by atoms with Crippen molar-refractivity contribution < 1.29 is 14.6 Å². The molecule has 0 radical (unpaired) electrons. The lowest BCUT2D eigenvalue weighted by Crippen LogP contribution is -2.82. The summed E-state index contributed by atoms with van der Waals surface area (Å²) in [6, 6.07) is 15.5. The predicted octanol–water partition coefficient (Wildman–Crippen LogP) is 5.68. The first-order valence-electron chi connectivity index (χ1n) is 14.9. The van der Waals surface area contributed by atoms with Gasteiger partial charge in [-0.3, -0.25) is 4.90 Å². The van der Waals surface area contributed by atoms with E-state index in [2.05, 4.69) is 42.7 Å². The molecular formula is C34H41NO3. The number of methoxy groups -OCH3 is 1. The molecule has 2 aromatic rings. The van der Waals surface area contributed by atoms with Gasteiger partial charge in [-0.1, -0.05) is 48.5 Å². The highest BCUT2D eigenvalue weighted by atomic mass is 16.6. The molecule has 4 heteroatoms. The SMILES string of the molecule is C=CC[C@](O)(c1ccccc1)[C@H]1C[C@@]23CC[C@]1(OC)[C@@H]1Oc4c(C)ccc5c4[C@@]12CCN(CC1CC1)[C@@H]3C5. The first-order chi connectivity index (χ1) is 18.4. The third kappa shape index (κ3) is 2.63. The Bertz CT molecular complexity index is 1300. The Morgan fingerprint density at radius 3 is 2.71 bits per heavy atom. The van der Waals surface area contributed by atoms with Crippen LogP contribution in [-0.4, -0.2) is 48.0 Å². The Morgan fingerprint density at radius 1 is 1.16 bits per heavy atom. The van der Waals surface area contributed by atoms with Crippen LogP contribution >= 0.6 is 0 Å². The molecule has 7 atom stereocenters. The lowest BCUT2D eigenvalue weighted by atomic mass is 9.33. The zero-order valence-electron chi connectivity index (χ0n) is 22.9. The Morgan fingerprint density at radius 2 is 1.97 bits per heavy atom. The molecule has 38 heavy (non-hydrogen) atoms. The molecule has 5 aliphatic carbocycles. The molecule has 1 saturated heterocycles. The van der Waals surface area contributed by atoms with Crippen molar-refractivity contribution in [2.45, 2.75) is 87.1 Å². The summed E-state index contributed by atoms with van der Waals surface area (Å²) in [7, 11) is 1.88. The molecule has 2 heterocycles. The smallest absolute Gasteiger partial charge is 0.138 e. The van der Waals surface area contributed by atoms with E-state index in [9.17, 15) is 5.11 Å². The Balaban J connectivity index is 1.37. The second kappa shape index (κ2) is 7.74. The molecule has 5 fully saturated rings. The molecule has 2 aromatic carbocycles. The lowest BCUT2D eigenvalue weighted by Gasteiger charge is -2.75. The van der Waals surface area contributed by atoms with Crippen LogP contribution < -0.4 is 4.74 Å². The highest BCUT2D eigenvalue weighted by Crippen LogP contribution is 2.77. The number of aryl methyl sites for hydroxylation is 1. The number of likely N-dealkylation sites (tertiary alicyclic amines) is 1. The van der Waals surface area contributed by atoms with Crippen molar-refractivity contribution in [3.05, 3.63) is 77.4 Å². The van der Waals surface area contributed by atoms with Crippen molar-refractivity contribution in [2.75, 3.05) is 20.2 Å². The van der Waals surface area contributed by atoms with E-state index in [0.717, 1.165) is 55.9 Å². The highest BCUT2D eigenvalue weighted by molar-refractivity contribution is 5.61. The average molecular weight is 512 g/mol. The largest absolute Gasteiger partial charge is 0.486 e. The monoisotopic (exact) mass is 511 g/mol. The van der Waals surface area contributed by atoms with E-state index in [0.29, 0.717) is 12.5 Å². The maximum absolute atomic E-state index is 12.8. The van der Waals surface area contributed by atoms with Gasteiger partial charge in [0.1, 0.15) is 17.5 Å². The van der Waals surface area contributed by atoms with E-state index in [1.165, 1.54) is 36.1 Å². The number of hydrogen-bond acceptors (Lipinski definition) is 4. The Labute approximate surface area is 227 Å². The predicted molar refractivity (Wildman–Crippen MR) is 148 cm³/mol. The maximum Gasteiger partial charge on any atom is 0.138 e. The van der Waals surface area contributed by atoms with E-state index in [1.807, 2.05) is 31.4 Å². The van der Waals surface area contributed by atoms with Gasteiger partial charge in [-0.25, -0.2) is 0 Å². The molecule has 1 N–H and O–H groups in total. The van der Waals surface area contributed by atoms with Crippen LogP contribution in [0.4, 0.5) is 0 Å². The molecular weight excluding hydrogens is 470 g/mol. The van der Waals surface area contributed by atoms with Gasteiger partial charge >= 0.3 is 0 Å². The van der Waals surface area contributed by atoms with Gasteiger partial charge in [0.15, 0.2) is 0 Å². The summed E-state index contributed by atoms with van der Waals surface area (Å²) in [5.74, 6) is 1.92. The lowest BCUT2D eigenvalue weighted by molar-refractivity contribution is -0.306. The number of piperidine rings is 1. The molecule has 0 unspecified atom stereocenters. The first-order valence-corrected chi connectivity index (χ1v) is 14.9. The van der Waals surface area contributed by atoms with Crippen LogP contribution in [0.25, 0.3) is 0 Å². The van der Waals surface area contributed by atoms with Crippen molar-refractivity contribution in [1.82, 2.24) is 4.90 Å². The summed E-state index contributed by atoms with van der Waals surface area (Å²) >= 11 is 0. The molecule has 4 nitrogen and oxygen atoms in total. The van der Waals surface area contributed by atoms with E-state index in [1.54, 1.807) is 0 Å². The second-order valence-corrected chi connectivity index (χ2v) is 13.5. The minimum absolute atomic E-state index is 0.0385. The number of fused-ring (bicyclic) bond motifs is 2. The van der Waals surface area contributed by atoms with Crippen LogP contribution in [0.1, 0.15) is 67.2 Å². The fraction of sp³-hybridized carbons (Fsp3) is 0.588. The third-order valence-corrected chi connectivity index (χ3v) is 12.2. The number of nitrogens with zero attached hydrogens (tertiary/aromatic N) is 1. The Hall–Kier alpha value is -2.14. The molecule has 7 aliphatic rings. The topological polar surface area (TPSA) is 41.9 Å². The summed E-state index contributed by atoms with van der Waals surface area (Å²) in [5.41, 5.74) is 3.65. The van der Waals surface area contributed by atoms with Crippen LogP contribution in [-0.2, 0) is 22.2 Å². The molecule has 9 rings (SSSR count). The summed E-state index contributed by atoms with van der Waals surface area (Å²) in [6.07, 6.45) is 10.4. The molecule has 0 amide bonds. The third-order valence-electron chi connectivity index (χ3n) is 12.2. The molecule has 0 aromatic heterocycles. The van der Waals surface area contributed by atoms with Gasteiger partial charge in [0.05, 0.1) is 5.60 Å². The van der Waals surface area contributed by atoms with Crippen molar-refractivity contribution in [3.63, 3.8) is 0 Å². The zero-order valence-corrected chi connectivity index (χ0v) is 22.9. The Kier molecular flexibility index (Phi) is 4.83. The summed E-state index contributed by atoms with van der Waals surface area (Å²) in [4.78, 5) is 2.87. The number of aliphatic hydroxyl groups is 1. The summed E-state index contributed by atoms with van der Waals surface area (Å²) in [5, 5.41) is 12.8. The zero-order chi connectivity index (χ0) is 25.9. The molecule has 200 valence electrons. The van der Waals surface area contributed by atoms with Crippen LogP contribution in [0.15, 0.2) is 55.1 Å². The first kappa shape index (κ1) is 23.7. The van der Waals surface area contributed by atoms with Crippen molar-refractivity contribution >= 4 is 0 Å². The van der Waals surface area contributed by atoms with Gasteiger partial charge in [-0.15, -0.1) is 6.58 Å². The van der Waals surface area contributed by atoms with Crippen molar-refractivity contribution in [2.24, 2.45) is 17.3 Å². The minimum atomic E-state index is -1.06. The quantitative estimate of drug-likeness (QED) is 0.486. The van der Waals surface area contributed by atoms with E-state index >= 15 is 0 Å².